The summed E-state index contributed by atoms with van der Waals surface area (Å²) < 4.78 is 43.8. The molecule has 152 valence electrons. The SMILES string of the molecule is COc1cc(/C=C2\C(C)=C(CC(=O)O)c3cc(F)c(F)cc32)cc(OC)c1OC. The van der Waals surface area contributed by atoms with Crippen molar-refractivity contribution in [1.82, 2.24) is 0 Å². The number of carboxylic acids is 1. The highest BCUT2D eigenvalue weighted by atomic mass is 19.2. The maximum atomic E-state index is 13.9. The first-order chi connectivity index (χ1) is 13.8. The fourth-order valence-corrected chi connectivity index (χ4v) is 3.50. The molecule has 2 aromatic rings. The van der Waals surface area contributed by atoms with Crippen LogP contribution in [0.5, 0.6) is 17.2 Å². The Balaban J connectivity index is 2.23. The predicted molar refractivity (Wildman–Crippen MR) is 105 cm³/mol. The lowest BCUT2D eigenvalue weighted by atomic mass is 10.00. The number of carboxylic acid groups (broad SMARTS) is 1. The van der Waals surface area contributed by atoms with E-state index in [1.165, 1.54) is 21.3 Å². The Labute approximate surface area is 166 Å². The minimum atomic E-state index is -1.05. The Bertz CT molecular complexity index is 1030. The van der Waals surface area contributed by atoms with E-state index in [1.54, 1.807) is 25.1 Å². The summed E-state index contributed by atoms with van der Waals surface area (Å²) in [5.41, 5.74) is 3.17. The molecule has 5 nitrogen and oxygen atoms in total. The number of carbonyl (C=O) groups is 1. The van der Waals surface area contributed by atoms with Crippen LogP contribution in [0.25, 0.3) is 17.2 Å². The van der Waals surface area contributed by atoms with Crippen LogP contribution in [0.15, 0.2) is 29.8 Å². The van der Waals surface area contributed by atoms with Gasteiger partial charge in [0.2, 0.25) is 5.75 Å². The summed E-state index contributed by atoms with van der Waals surface area (Å²) in [7, 11) is 4.48. The standard InChI is InChI=1S/C22H20F2O5/c1-11-13(5-12-6-19(27-2)22(29-4)20(7-12)28-3)15-8-17(23)18(24)9-16(15)14(11)10-21(25)26/h5-9H,10H2,1-4H3,(H,25,26)/b13-5+. The van der Waals surface area contributed by atoms with E-state index in [0.717, 1.165) is 12.1 Å². The Morgan fingerprint density at radius 1 is 0.966 bits per heavy atom. The molecule has 0 aromatic heterocycles. The lowest BCUT2D eigenvalue weighted by Gasteiger charge is -2.13. The molecule has 2 aromatic carbocycles. The van der Waals surface area contributed by atoms with E-state index in [1.807, 2.05) is 0 Å². The molecule has 1 aliphatic rings. The number of fused-ring (bicyclic) bond motifs is 1. The molecule has 1 N–H and O–H groups in total. The third-order valence-corrected chi connectivity index (χ3v) is 4.86. The molecule has 29 heavy (non-hydrogen) atoms. The maximum Gasteiger partial charge on any atom is 0.307 e. The van der Waals surface area contributed by atoms with Crippen molar-refractivity contribution < 1.29 is 32.9 Å². The van der Waals surface area contributed by atoms with Crippen molar-refractivity contribution in [3.63, 3.8) is 0 Å². The van der Waals surface area contributed by atoms with Crippen LogP contribution in [0.4, 0.5) is 8.78 Å². The smallest absolute Gasteiger partial charge is 0.307 e. The second-order valence-corrected chi connectivity index (χ2v) is 6.50. The van der Waals surface area contributed by atoms with Gasteiger partial charge in [-0.05, 0) is 70.7 Å². The van der Waals surface area contributed by atoms with Crippen LogP contribution >= 0.6 is 0 Å². The van der Waals surface area contributed by atoms with Gasteiger partial charge in [-0.3, -0.25) is 4.79 Å². The van der Waals surface area contributed by atoms with Crippen LogP contribution in [0, 0.1) is 11.6 Å². The third-order valence-electron chi connectivity index (χ3n) is 4.86. The van der Waals surface area contributed by atoms with E-state index in [0.29, 0.717) is 50.7 Å². The molecule has 0 heterocycles. The molecule has 3 rings (SSSR count). The quantitative estimate of drug-likeness (QED) is 0.752. The van der Waals surface area contributed by atoms with Gasteiger partial charge in [-0.25, -0.2) is 8.78 Å². The first kappa shape index (κ1) is 20.4. The summed E-state index contributed by atoms with van der Waals surface area (Å²) in [5, 5.41) is 9.24. The summed E-state index contributed by atoms with van der Waals surface area (Å²) in [5.74, 6) is -1.76. The van der Waals surface area contributed by atoms with Gasteiger partial charge in [-0.1, -0.05) is 0 Å². The monoisotopic (exact) mass is 402 g/mol. The molecule has 0 amide bonds. The number of benzene rings is 2. The van der Waals surface area contributed by atoms with Gasteiger partial charge in [0.25, 0.3) is 0 Å². The van der Waals surface area contributed by atoms with Crippen molar-refractivity contribution in [2.24, 2.45) is 0 Å². The van der Waals surface area contributed by atoms with Crippen molar-refractivity contribution in [2.75, 3.05) is 21.3 Å². The van der Waals surface area contributed by atoms with Gasteiger partial charge in [0.15, 0.2) is 23.1 Å². The average molecular weight is 402 g/mol. The molecule has 0 aliphatic heterocycles. The molecule has 0 saturated carbocycles. The normalized spacial score (nSPS) is 14.2. The number of halogens is 2. The maximum absolute atomic E-state index is 13.9. The Hall–Kier alpha value is -3.35. The molecule has 0 bridgehead atoms. The first-order valence-corrected chi connectivity index (χ1v) is 8.74. The van der Waals surface area contributed by atoms with Crippen molar-refractivity contribution in [1.29, 1.82) is 0 Å². The molecule has 7 heteroatoms. The molecule has 0 radical (unpaired) electrons. The lowest BCUT2D eigenvalue weighted by Crippen LogP contribution is -1.98. The molecular weight excluding hydrogens is 382 g/mol. The van der Waals surface area contributed by atoms with E-state index in [4.69, 9.17) is 14.2 Å². The highest BCUT2D eigenvalue weighted by Crippen LogP contribution is 2.45. The first-order valence-electron chi connectivity index (χ1n) is 8.74. The molecule has 0 fully saturated rings. The minimum absolute atomic E-state index is 0.295. The zero-order valence-corrected chi connectivity index (χ0v) is 16.4. The number of ether oxygens (including phenoxy) is 3. The van der Waals surface area contributed by atoms with Crippen LogP contribution in [-0.2, 0) is 4.79 Å². The van der Waals surface area contributed by atoms with Crippen molar-refractivity contribution in [3.8, 4) is 17.2 Å². The van der Waals surface area contributed by atoms with E-state index < -0.39 is 17.6 Å². The molecule has 1 aliphatic carbocycles. The number of allylic oxidation sites excluding steroid dienone is 2. The highest BCUT2D eigenvalue weighted by Gasteiger charge is 2.27. The largest absolute Gasteiger partial charge is 0.493 e. The van der Waals surface area contributed by atoms with Gasteiger partial charge in [0.1, 0.15) is 0 Å². The Morgan fingerprint density at radius 2 is 1.52 bits per heavy atom. The molecule has 0 saturated heterocycles. The molecule has 0 spiro atoms. The zero-order chi connectivity index (χ0) is 21.3. The van der Waals surface area contributed by atoms with Crippen LogP contribution in [0.2, 0.25) is 0 Å². The fourth-order valence-electron chi connectivity index (χ4n) is 3.50. The minimum Gasteiger partial charge on any atom is -0.493 e. The van der Waals surface area contributed by atoms with E-state index >= 15 is 0 Å². The average Bonchev–Trinajstić information content (AvgIpc) is 2.92. The predicted octanol–water partition coefficient (Wildman–Crippen LogP) is 4.79. The van der Waals surface area contributed by atoms with Gasteiger partial charge in [-0.15, -0.1) is 0 Å². The summed E-state index contributed by atoms with van der Waals surface area (Å²) in [4.78, 5) is 11.3. The Kier molecular flexibility index (Phi) is 5.59. The molecule has 0 atom stereocenters. The van der Waals surface area contributed by atoms with E-state index in [9.17, 15) is 18.7 Å². The van der Waals surface area contributed by atoms with Crippen molar-refractivity contribution in [2.45, 2.75) is 13.3 Å². The van der Waals surface area contributed by atoms with Gasteiger partial charge < -0.3 is 19.3 Å². The summed E-state index contributed by atoms with van der Waals surface area (Å²) >= 11 is 0. The topological polar surface area (TPSA) is 65.0 Å². The van der Waals surface area contributed by atoms with E-state index in [2.05, 4.69) is 0 Å². The van der Waals surface area contributed by atoms with Crippen molar-refractivity contribution >= 4 is 23.2 Å². The zero-order valence-electron chi connectivity index (χ0n) is 16.4. The number of rotatable bonds is 6. The third kappa shape index (κ3) is 3.68. The number of methoxy groups -OCH3 is 3. The second-order valence-electron chi connectivity index (χ2n) is 6.50. The van der Waals surface area contributed by atoms with Crippen molar-refractivity contribution in [3.05, 3.63) is 58.2 Å². The fraction of sp³-hybridized carbons (Fsp3) is 0.227. The van der Waals surface area contributed by atoms with Crippen LogP contribution in [0.3, 0.4) is 0 Å². The van der Waals surface area contributed by atoms with Gasteiger partial charge in [-0.2, -0.15) is 0 Å². The lowest BCUT2D eigenvalue weighted by molar-refractivity contribution is -0.135. The number of aliphatic carboxylic acids is 1. The molecular formula is C22H20F2O5. The van der Waals surface area contributed by atoms with Crippen LogP contribution in [-0.4, -0.2) is 32.4 Å². The summed E-state index contributed by atoms with van der Waals surface area (Å²) in [6.45, 7) is 1.73. The van der Waals surface area contributed by atoms with Crippen LogP contribution < -0.4 is 14.2 Å². The van der Waals surface area contributed by atoms with Gasteiger partial charge in [0.05, 0.1) is 27.8 Å². The molecule has 0 unspecified atom stereocenters. The number of hydrogen-bond donors (Lipinski definition) is 1. The van der Waals surface area contributed by atoms with E-state index in [-0.39, 0.29) is 6.42 Å². The van der Waals surface area contributed by atoms with Gasteiger partial charge in [0, 0.05) is 0 Å². The summed E-state index contributed by atoms with van der Waals surface area (Å²) in [6.07, 6.45) is 1.46. The van der Waals surface area contributed by atoms with Gasteiger partial charge >= 0.3 is 5.97 Å². The Morgan fingerprint density at radius 3 is 2.00 bits per heavy atom. The highest BCUT2D eigenvalue weighted by molar-refractivity contribution is 6.07. The number of hydrogen-bond acceptors (Lipinski definition) is 4. The summed E-state index contributed by atoms with van der Waals surface area (Å²) in [6, 6.07) is 5.57. The van der Waals surface area contributed by atoms with Crippen LogP contribution in [0.1, 0.15) is 30.0 Å². The second kappa shape index (κ2) is 7.95.